The van der Waals surface area contributed by atoms with Crippen molar-refractivity contribution in [3.63, 3.8) is 0 Å². The van der Waals surface area contributed by atoms with Crippen LogP contribution in [0.25, 0.3) is 0 Å². The van der Waals surface area contributed by atoms with Crippen LogP contribution in [0.4, 0.5) is 5.69 Å². The molecule has 6 nitrogen and oxygen atoms in total. The van der Waals surface area contributed by atoms with Crippen LogP contribution in [-0.2, 0) is 4.79 Å². The summed E-state index contributed by atoms with van der Waals surface area (Å²) in [6.45, 7) is 1.61. The number of methoxy groups -OCH3 is 2. The topological polar surface area (TPSA) is 76.8 Å². The van der Waals surface area contributed by atoms with Crippen LogP contribution in [0, 0.1) is 17.8 Å². The van der Waals surface area contributed by atoms with Crippen LogP contribution >= 0.6 is 24.8 Å². The number of fused-ring (bicyclic) bond motifs is 2. The van der Waals surface area contributed by atoms with E-state index in [2.05, 4.69) is 10.2 Å². The molecule has 2 bridgehead atoms. The molecule has 2 saturated carbocycles. The molecule has 3 fully saturated rings. The summed E-state index contributed by atoms with van der Waals surface area (Å²) < 4.78 is 10.7. The summed E-state index contributed by atoms with van der Waals surface area (Å²) >= 11 is 0. The third-order valence-corrected chi connectivity index (χ3v) is 6.79. The molecule has 29 heavy (non-hydrogen) atoms. The number of carbonyl (C=O) groups excluding carboxylic acids is 1. The zero-order chi connectivity index (χ0) is 19.0. The van der Waals surface area contributed by atoms with E-state index < -0.39 is 0 Å². The normalized spacial score (nSPS) is 28.3. The lowest BCUT2D eigenvalue weighted by Gasteiger charge is -2.37. The van der Waals surface area contributed by atoms with Gasteiger partial charge in [0, 0.05) is 49.1 Å². The molecule has 0 aromatic heterocycles. The smallest absolute Gasteiger partial charge is 0.227 e. The number of halogens is 2. The van der Waals surface area contributed by atoms with Gasteiger partial charge in [-0.2, -0.15) is 0 Å². The van der Waals surface area contributed by atoms with Gasteiger partial charge in [0.2, 0.25) is 5.91 Å². The fourth-order valence-corrected chi connectivity index (χ4v) is 5.28. The number of rotatable bonds is 5. The Balaban J connectivity index is 0.00000150. The number of nitrogens with one attached hydrogen (secondary N) is 1. The second-order valence-electron chi connectivity index (χ2n) is 8.28. The summed E-state index contributed by atoms with van der Waals surface area (Å²) in [5, 5.41) is 3.57. The van der Waals surface area contributed by atoms with Crippen molar-refractivity contribution in [3.8, 4) is 11.5 Å². The predicted molar refractivity (Wildman–Crippen MR) is 120 cm³/mol. The highest BCUT2D eigenvalue weighted by Gasteiger charge is 2.50. The maximum absolute atomic E-state index is 13.0. The molecule has 164 valence electrons. The van der Waals surface area contributed by atoms with Crippen LogP contribution in [0.3, 0.4) is 0 Å². The standard InChI is InChI=1S/C21H31N3O3.2ClH/c1-26-17-10-16(11-18(12-17)27-2)23-15-5-7-24(8-6-15)21(25)19-13-3-4-14(9-13)20(19)22;;/h10-15,19-20,23H,3-9,22H2,1-2H3;2*1H. The Kier molecular flexibility index (Phi) is 8.32. The van der Waals surface area contributed by atoms with Crippen molar-refractivity contribution < 1.29 is 14.3 Å². The summed E-state index contributed by atoms with van der Waals surface area (Å²) in [5.41, 5.74) is 7.36. The lowest BCUT2D eigenvalue weighted by molar-refractivity contribution is -0.138. The second kappa shape index (κ2) is 10.1. The first-order valence-corrected chi connectivity index (χ1v) is 10.1. The zero-order valence-corrected chi connectivity index (χ0v) is 18.8. The van der Waals surface area contributed by atoms with E-state index in [-0.39, 0.29) is 36.8 Å². The van der Waals surface area contributed by atoms with E-state index in [1.807, 2.05) is 18.2 Å². The van der Waals surface area contributed by atoms with Crippen molar-refractivity contribution in [3.05, 3.63) is 18.2 Å². The van der Waals surface area contributed by atoms with Crippen LogP contribution in [0.5, 0.6) is 11.5 Å². The number of nitrogens with two attached hydrogens (primary N) is 1. The number of carbonyl (C=O) groups is 1. The van der Waals surface area contributed by atoms with E-state index >= 15 is 0 Å². The first kappa shape index (κ1) is 23.9. The molecular weight excluding hydrogens is 413 g/mol. The van der Waals surface area contributed by atoms with Crippen molar-refractivity contribution >= 4 is 36.4 Å². The molecule has 3 N–H and O–H groups in total. The van der Waals surface area contributed by atoms with Crippen LogP contribution in [0.1, 0.15) is 32.1 Å². The number of likely N-dealkylation sites (tertiary alicyclic amines) is 1. The third-order valence-electron chi connectivity index (χ3n) is 6.79. The van der Waals surface area contributed by atoms with Gasteiger partial charge in [0.25, 0.3) is 0 Å². The summed E-state index contributed by atoms with van der Waals surface area (Å²) in [6, 6.07) is 6.25. The molecule has 2 aliphatic carbocycles. The largest absolute Gasteiger partial charge is 0.497 e. The summed E-state index contributed by atoms with van der Waals surface area (Å²) in [7, 11) is 3.31. The molecular formula is C21H33Cl2N3O3. The molecule has 8 heteroatoms. The van der Waals surface area contributed by atoms with E-state index in [9.17, 15) is 4.79 Å². The minimum absolute atomic E-state index is 0. The van der Waals surface area contributed by atoms with Crippen molar-refractivity contribution in [2.75, 3.05) is 32.6 Å². The zero-order valence-electron chi connectivity index (χ0n) is 17.1. The summed E-state index contributed by atoms with van der Waals surface area (Å²) in [5.74, 6) is 3.01. The predicted octanol–water partition coefficient (Wildman–Crippen LogP) is 3.32. The fraction of sp³-hybridized carbons (Fsp3) is 0.667. The molecule has 1 aromatic carbocycles. The number of anilines is 1. The summed E-state index contributed by atoms with van der Waals surface area (Å²) in [6.07, 6.45) is 5.45. The molecule has 1 aromatic rings. The molecule has 1 saturated heterocycles. The molecule has 0 spiro atoms. The van der Waals surface area contributed by atoms with Gasteiger partial charge in [-0.25, -0.2) is 0 Å². The Morgan fingerprint density at radius 3 is 2.10 bits per heavy atom. The van der Waals surface area contributed by atoms with E-state index in [1.54, 1.807) is 14.2 Å². The first-order valence-electron chi connectivity index (χ1n) is 10.1. The Labute approximate surface area is 185 Å². The van der Waals surface area contributed by atoms with Gasteiger partial charge in [0.1, 0.15) is 11.5 Å². The minimum atomic E-state index is 0. The third kappa shape index (κ3) is 4.86. The lowest BCUT2D eigenvalue weighted by atomic mass is 9.83. The molecule has 1 heterocycles. The minimum Gasteiger partial charge on any atom is -0.497 e. The molecule has 3 aliphatic rings. The Bertz CT molecular complexity index is 673. The number of amides is 1. The molecule has 0 radical (unpaired) electrons. The average molecular weight is 446 g/mol. The van der Waals surface area contributed by atoms with Crippen LogP contribution < -0.4 is 20.5 Å². The van der Waals surface area contributed by atoms with E-state index in [4.69, 9.17) is 15.2 Å². The lowest BCUT2D eigenvalue weighted by Crippen LogP contribution is -2.50. The van der Waals surface area contributed by atoms with Gasteiger partial charge in [-0.05, 0) is 43.9 Å². The SMILES string of the molecule is COc1cc(NC2CCN(C(=O)C3C4CCC(C4)C3N)CC2)cc(OC)c1.Cl.Cl. The number of nitrogens with zero attached hydrogens (tertiary/aromatic N) is 1. The molecule has 4 unspecified atom stereocenters. The highest BCUT2D eigenvalue weighted by molar-refractivity contribution is 5.85. The summed E-state index contributed by atoms with van der Waals surface area (Å²) in [4.78, 5) is 15.1. The van der Waals surface area contributed by atoms with Crippen molar-refractivity contribution in [1.82, 2.24) is 4.90 Å². The van der Waals surface area contributed by atoms with E-state index in [1.165, 1.54) is 12.8 Å². The van der Waals surface area contributed by atoms with Gasteiger partial charge < -0.3 is 25.4 Å². The van der Waals surface area contributed by atoms with Crippen LogP contribution in [0.2, 0.25) is 0 Å². The first-order chi connectivity index (χ1) is 13.1. The molecule has 1 amide bonds. The quantitative estimate of drug-likeness (QED) is 0.726. The number of benzene rings is 1. The van der Waals surface area contributed by atoms with Gasteiger partial charge in [-0.3, -0.25) is 4.79 Å². The van der Waals surface area contributed by atoms with Crippen molar-refractivity contribution in [2.24, 2.45) is 23.5 Å². The van der Waals surface area contributed by atoms with E-state index in [0.717, 1.165) is 49.5 Å². The van der Waals surface area contributed by atoms with Crippen molar-refractivity contribution in [1.29, 1.82) is 0 Å². The highest BCUT2D eigenvalue weighted by atomic mass is 35.5. The maximum atomic E-state index is 13.0. The van der Waals surface area contributed by atoms with Gasteiger partial charge in [-0.1, -0.05) is 0 Å². The number of hydrogen-bond donors (Lipinski definition) is 2. The van der Waals surface area contributed by atoms with Gasteiger partial charge in [0.05, 0.1) is 20.1 Å². The Hall–Kier alpha value is -1.37. The molecule has 4 rings (SSSR count). The molecule has 1 aliphatic heterocycles. The fourth-order valence-electron chi connectivity index (χ4n) is 5.28. The number of ether oxygens (including phenoxy) is 2. The highest BCUT2D eigenvalue weighted by Crippen LogP contribution is 2.48. The van der Waals surface area contributed by atoms with Gasteiger partial charge >= 0.3 is 0 Å². The molecule has 4 atom stereocenters. The Morgan fingerprint density at radius 2 is 1.59 bits per heavy atom. The maximum Gasteiger partial charge on any atom is 0.227 e. The second-order valence-corrected chi connectivity index (χ2v) is 8.28. The van der Waals surface area contributed by atoms with Crippen LogP contribution in [0.15, 0.2) is 18.2 Å². The van der Waals surface area contributed by atoms with Crippen molar-refractivity contribution in [2.45, 2.75) is 44.2 Å². The van der Waals surface area contributed by atoms with Gasteiger partial charge in [0.15, 0.2) is 0 Å². The monoisotopic (exact) mass is 445 g/mol. The van der Waals surface area contributed by atoms with Crippen LogP contribution in [-0.4, -0.2) is 50.2 Å². The van der Waals surface area contributed by atoms with Gasteiger partial charge in [-0.15, -0.1) is 24.8 Å². The number of piperidine rings is 1. The average Bonchev–Trinajstić information content (AvgIpc) is 3.29. The Morgan fingerprint density at radius 1 is 1.00 bits per heavy atom. The number of hydrogen-bond acceptors (Lipinski definition) is 5. The van der Waals surface area contributed by atoms with E-state index in [0.29, 0.717) is 23.8 Å².